The fraction of sp³-hybridized carbons (Fsp3) is 0.579. The van der Waals surface area contributed by atoms with Gasteiger partial charge < -0.3 is 10.2 Å². The van der Waals surface area contributed by atoms with E-state index in [1.165, 1.54) is 12.8 Å². The first kappa shape index (κ1) is 17.5. The van der Waals surface area contributed by atoms with Crippen molar-refractivity contribution in [1.82, 2.24) is 10.2 Å². The molecule has 4 nitrogen and oxygen atoms in total. The van der Waals surface area contributed by atoms with Crippen molar-refractivity contribution in [2.75, 3.05) is 13.1 Å². The van der Waals surface area contributed by atoms with Crippen LogP contribution in [0.4, 0.5) is 0 Å². The lowest BCUT2D eigenvalue weighted by atomic mass is 10.0. The van der Waals surface area contributed by atoms with E-state index in [2.05, 4.69) is 5.32 Å². The van der Waals surface area contributed by atoms with Gasteiger partial charge >= 0.3 is 0 Å². The SMILES string of the molecule is Cc1ccccc1C(=O)NC(C(=O)N1CCCCCC1)C(C)C. The maximum atomic E-state index is 12.9. The van der Waals surface area contributed by atoms with Crippen LogP contribution in [0.3, 0.4) is 0 Å². The summed E-state index contributed by atoms with van der Waals surface area (Å²) in [5.74, 6) is -0.0347. The summed E-state index contributed by atoms with van der Waals surface area (Å²) in [6.45, 7) is 7.50. The number of benzene rings is 1. The van der Waals surface area contributed by atoms with Crippen LogP contribution in [0.1, 0.15) is 55.5 Å². The molecule has 1 atom stereocenters. The van der Waals surface area contributed by atoms with E-state index in [0.29, 0.717) is 5.56 Å². The van der Waals surface area contributed by atoms with Crippen molar-refractivity contribution >= 4 is 11.8 Å². The molecule has 126 valence electrons. The second-order valence-electron chi connectivity index (χ2n) is 6.75. The molecule has 0 radical (unpaired) electrons. The molecule has 0 aliphatic carbocycles. The van der Waals surface area contributed by atoms with Gasteiger partial charge in [-0.15, -0.1) is 0 Å². The van der Waals surface area contributed by atoms with Crippen LogP contribution in [-0.4, -0.2) is 35.8 Å². The largest absolute Gasteiger partial charge is 0.341 e. The number of hydrogen-bond acceptors (Lipinski definition) is 2. The second-order valence-corrected chi connectivity index (χ2v) is 6.75. The van der Waals surface area contributed by atoms with Crippen LogP contribution < -0.4 is 5.32 Å². The lowest BCUT2D eigenvalue weighted by molar-refractivity contribution is -0.134. The Balaban J connectivity index is 2.10. The minimum Gasteiger partial charge on any atom is -0.341 e. The summed E-state index contributed by atoms with van der Waals surface area (Å²) in [6.07, 6.45) is 4.49. The molecule has 23 heavy (non-hydrogen) atoms. The minimum atomic E-state index is -0.458. The third-order valence-electron chi connectivity index (χ3n) is 4.53. The smallest absolute Gasteiger partial charge is 0.252 e. The molecule has 0 bridgehead atoms. The Hall–Kier alpha value is -1.84. The monoisotopic (exact) mass is 316 g/mol. The zero-order chi connectivity index (χ0) is 16.8. The van der Waals surface area contributed by atoms with Gasteiger partial charge in [-0.2, -0.15) is 0 Å². The number of nitrogens with zero attached hydrogens (tertiary/aromatic N) is 1. The van der Waals surface area contributed by atoms with Gasteiger partial charge in [0.25, 0.3) is 5.91 Å². The van der Waals surface area contributed by atoms with E-state index in [-0.39, 0.29) is 17.7 Å². The first-order chi connectivity index (χ1) is 11.0. The molecule has 1 aromatic carbocycles. The van der Waals surface area contributed by atoms with Gasteiger partial charge in [0, 0.05) is 18.7 Å². The van der Waals surface area contributed by atoms with E-state index in [4.69, 9.17) is 0 Å². The molecular weight excluding hydrogens is 288 g/mol. The van der Waals surface area contributed by atoms with Crippen molar-refractivity contribution < 1.29 is 9.59 Å². The summed E-state index contributed by atoms with van der Waals surface area (Å²) in [6, 6.07) is 7.02. The highest BCUT2D eigenvalue weighted by molar-refractivity contribution is 5.98. The van der Waals surface area contributed by atoms with Crippen LogP contribution in [0, 0.1) is 12.8 Å². The Labute approximate surface area is 139 Å². The van der Waals surface area contributed by atoms with Crippen molar-refractivity contribution in [3.05, 3.63) is 35.4 Å². The lowest BCUT2D eigenvalue weighted by Crippen LogP contribution is -2.51. The van der Waals surface area contributed by atoms with E-state index in [9.17, 15) is 9.59 Å². The van der Waals surface area contributed by atoms with Gasteiger partial charge in [0.05, 0.1) is 0 Å². The van der Waals surface area contributed by atoms with Crippen molar-refractivity contribution in [1.29, 1.82) is 0 Å². The maximum Gasteiger partial charge on any atom is 0.252 e. The first-order valence-corrected chi connectivity index (χ1v) is 8.66. The number of amides is 2. The fourth-order valence-electron chi connectivity index (χ4n) is 3.05. The Morgan fingerprint density at radius 2 is 1.65 bits per heavy atom. The third kappa shape index (κ3) is 4.57. The van der Waals surface area contributed by atoms with E-state index in [1.807, 2.05) is 43.9 Å². The first-order valence-electron chi connectivity index (χ1n) is 8.66. The summed E-state index contributed by atoms with van der Waals surface area (Å²) < 4.78 is 0. The molecule has 1 heterocycles. The van der Waals surface area contributed by atoms with Gasteiger partial charge in [-0.05, 0) is 37.3 Å². The van der Waals surface area contributed by atoms with Gasteiger partial charge in [-0.1, -0.05) is 44.9 Å². The molecule has 1 aromatic rings. The van der Waals surface area contributed by atoms with Gasteiger partial charge in [0.2, 0.25) is 5.91 Å². The molecule has 1 unspecified atom stereocenters. The Morgan fingerprint density at radius 3 is 2.22 bits per heavy atom. The van der Waals surface area contributed by atoms with Gasteiger partial charge in [0.1, 0.15) is 6.04 Å². The molecular formula is C19H28N2O2. The summed E-state index contributed by atoms with van der Waals surface area (Å²) >= 11 is 0. The number of carbonyl (C=O) groups is 2. The van der Waals surface area contributed by atoms with E-state index < -0.39 is 6.04 Å². The van der Waals surface area contributed by atoms with E-state index in [1.54, 1.807) is 6.07 Å². The van der Waals surface area contributed by atoms with Crippen LogP contribution >= 0.6 is 0 Å². The molecule has 1 aliphatic rings. The molecule has 2 amide bonds. The average molecular weight is 316 g/mol. The van der Waals surface area contributed by atoms with Crippen molar-refractivity contribution in [3.63, 3.8) is 0 Å². The molecule has 2 rings (SSSR count). The number of aryl methyl sites for hydroxylation is 1. The van der Waals surface area contributed by atoms with Crippen LogP contribution in [-0.2, 0) is 4.79 Å². The van der Waals surface area contributed by atoms with Crippen LogP contribution in [0.15, 0.2) is 24.3 Å². The summed E-state index contributed by atoms with van der Waals surface area (Å²) in [5.41, 5.74) is 1.57. The third-order valence-corrected chi connectivity index (χ3v) is 4.53. The van der Waals surface area contributed by atoms with Crippen molar-refractivity contribution in [2.45, 2.75) is 52.5 Å². The molecule has 1 saturated heterocycles. The maximum absolute atomic E-state index is 12.9. The van der Waals surface area contributed by atoms with Crippen molar-refractivity contribution in [3.8, 4) is 0 Å². The van der Waals surface area contributed by atoms with Crippen molar-refractivity contribution in [2.24, 2.45) is 5.92 Å². The van der Waals surface area contributed by atoms with Crippen LogP contribution in [0.2, 0.25) is 0 Å². The molecule has 1 aliphatic heterocycles. The predicted molar refractivity (Wildman–Crippen MR) is 92.3 cm³/mol. The standard InChI is InChI=1S/C19H28N2O2/c1-14(2)17(19(23)21-12-8-4-5-9-13-21)20-18(22)16-11-7-6-10-15(16)3/h6-7,10-11,14,17H,4-5,8-9,12-13H2,1-3H3,(H,20,22). The summed E-state index contributed by atoms with van der Waals surface area (Å²) in [7, 11) is 0. The number of rotatable bonds is 4. The molecule has 4 heteroatoms. The topological polar surface area (TPSA) is 49.4 Å². The number of hydrogen-bond donors (Lipinski definition) is 1. The number of nitrogens with one attached hydrogen (secondary N) is 1. The van der Waals surface area contributed by atoms with Gasteiger partial charge in [-0.3, -0.25) is 9.59 Å². The Kier molecular flexibility index (Phi) is 6.20. The molecule has 1 fully saturated rings. The number of likely N-dealkylation sites (tertiary alicyclic amines) is 1. The van der Waals surface area contributed by atoms with Gasteiger partial charge in [-0.25, -0.2) is 0 Å². The normalized spacial score (nSPS) is 16.8. The lowest BCUT2D eigenvalue weighted by Gasteiger charge is -2.29. The number of carbonyl (C=O) groups excluding carboxylic acids is 2. The minimum absolute atomic E-state index is 0.0591. The second kappa shape index (κ2) is 8.14. The average Bonchev–Trinajstić information content (AvgIpc) is 2.81. The zero-order valence-electron chi connectivity index (χ0n) is 14.5. The molecule has 0 spiro atoms. The highest BCUT2D eigenvalue weighted by Gasteiger charge is 2.29. The predicted octanol–water partition coefficient (Wildman–Crippen LogP) is 3.15. The van der Waals surface area contributed by atoms with Gasteiger partial charge in [0.15, 0.2) is 0 Å². The highest BCUT2D eigenvalue weighted by Crippen LogP contribution is 2.15. The summed E-state index contributed by atoms with van der Waals surface area (Å²) in [5, 5.41) is 2.96. The molecule has 0 aromatic heterocycles. The fourth-order valence-corrected chi connectivity index (χ4v) is 3.05. The Morgan fingerprint density at radius 1 is 1.04 bits per heavy atom. The van der Waals surface area contributed by atoms with E-state index in [0.717, 1.165) is 31.5 Å². The Bertz CT molecular complexity index is 546. The summed E-state index contributed by atoms with van der Waals surface area (Å²) in [4.78, 5) is 27.3. The zero-order valence-corrected chi connectivity index (χ0v) is 14.5. The quantitative estimate of drug-likeness (QED) is 0.927. The van der Waals surface area contributed by atoms with Crippen LogP contribution in [0.5, 0.6) is 0 Å². The molecule has 1 N–H and O–H groups in total. The van der Waals surface area contributed by atoms with Crippen LogP contribution in [0.25, 0.3) is 0 Å². The molecule has 0 saturated carbocycles. The van der Waals surface area contributed by atoms with E-state index >= 15 is 0 Å². The highest BCUT2D eigenvalue weighted by atomic mass is 16.2.